The number of benzene rings is 2. The van der Waals surface area contributed by atoms with Gasteiger partial charge in [0, 0.05) is 3.57 Å². The number of amides is 1. The van der Waals surface area contributed by atoms with Crippen LogP contribution in [0.15, 0.2) is 48.5 Å². The minimum absolute atomic E-state index is 0.258. The van der Waals surface area contributed by atoms with Crippen molar-refractivity contribution in [1.29, 1.82) is 0 Å². The number of carbonyl (C=O) groups is 1. The number of methoxy groups -OCH3 is 1. The zero-order valence-corrected chi connectivity index (χ0v) is 17.7. The van der Waals surface area contributed by atoms with Crippen molar-refractivity contribution in [2.75, 3.05) is 24.2 Å². The summed E-state index contributed by atoms with van der Waals surface area (Å²) in [6, 6.07) is 14.0. The van der Waals surface area contributed by atoms with Gasteiger partial charge in [-0.3, -0.25) is 9.10 Å². The normalized spacial score (nSPS) is 12.3. The van der Waals surface area contributed by atoms with Crippen LogP contribution in [0, 0.1) is 3.57 Å². The van der Waals surface area contributed by atoms with E-state index < -0.39 is 10.0 Å². The van der Waals surface area contributed by atoms with E-state index in [1.54, 1.807) is 31.4 Å². The Labute approximate surface area is 167 Å². The molecule has 0 saturated carbocycles. The number of rotatable bonds is 7. The van der Waals surface area contributed by atoms with Gasteiger partial charge in [-0.1, -0.05) is 12.1 Å². The van der Waals surface area contributed by atoms with Crippen molar-refractivity contribution in [2.24, 2.45) is 0 Å². The van der Waals surface area contributed by atoms with Crippen LogP contribution in [0.25, 0.3) is 0 Å². The van der Waals surface area contributed by atoms with Crippen molar-refractivity contribution in [2.45, 2.75) is 13.0 Å². The van der Waals surface area contributed by atoms with E-state index in [4.69, 9.17) is 4.74 Å². The van der Waals surface area contributed by atoms with Gasteiger partial charge in [-0.15, -0.1) is 0 Å². The van der Waals surface area contributed by atoms with Crippen LogP contribution in [0.4, 0.5) is 5.69 Å². The van der Waals surface area contributed by atoms with Crippen molar-refractivity contribution in [3.8, 4) is 5.75 Å². The molecule has 0 fully saturated rings. The first-order chi connectivity index (χ1) is 12.2. The Kier molecular flexibility index (Phi) is 6.87. The summed E-state index contributed by atoms with van der Waals surface area (Å²) in [5.41, 5.74) is 1.36. The molecule has 0 radical (unpaired) electrons. The molecule has 0 bridgehead atoms. The zero-order valence-electron chi connectivity index (χ0n) is 14.8. The fourth-order valence-corrected chi connectivity index (χ4v) is 3.62. The minimum atomic E-state index is -3.58. The molecule has 0 aromatic heterocycles. The molecule has 1 N–H and O–H groups in total. The molecule has 1 amide bonds. The number of carbonyl (C=O) groups excluding carboxylic acids is 1. The molecule has 0 aliphatic carbocycles. The molecule has 26 heavy (non-hydrogen) atoms. The maximum absolute atomic E-state index is 12.4. The minimum Gasteiger partial charge on any atom is -0.497 e. The summed E-state index contributed by atoms with van der Waals surface area (Å²) in [5, 5.41) is 2.83. The van der Waals surface area contributed by atoms with E-state index in [2.05, 4.69) is 27.9 Å². The highest BCUT2D eigenvalue weighted by molar-refractivity contribution is 14.1. The fourth-order valence-electron chi connectivity index (χ4n) is 2.40. The highest BCUT2D eigenvalue weighted by Crippen LogP contribution is 2.20. The second-order valence-corrected chi connectivity index (χ2v) is 8.96. The van der Waals surface area contributed by atoms with E-state index >= 15 is 0 Å². The smallest absolute Gasteiger partial charge is 0.241 e. The summed E-state index contributed by atoms with van der Waals surface area (Å²) in [6.07, 6.45) is 1.09. The van der Waals surface area contributed by atoms with Gasteiger partial charge in [-0.25, -0.2) is 8.42 Å². The van der Waals surface area contributed by atoms with E-state index in [-0.39, 0.29) is 18.5 Å². The molecule has 0 heterocycles. The Morgan fingerprint density at radius 1 is 1.15 bits per heavy atom. The van der Waals surface area contributed by atoms with Crippen molar-refractivity contribution < 1.29 is 17.9 Å². The molecule has 8 heteroatoms. The fraction of sp³-hybridized carbons (Fsp3) is 0.278. The van der Waals surface area contributed by atoms with Crippen molar-refractivity contribution >= 4 is 44.2 Å². The Morgan fingerprint density at radius 3 is 2.23 bits per heavy atom. The van der Waals surface area contributed by atoms with Crippen LogP contribution in [0.2, 0.25) is 0 Å². The number of anilines is 1. The molecule has 0 saturated heterocycles. The van der Waals surface area contributed by atoms with Crippen molar-refractivity contribution in [3.63, 3.8) is 0 Å². The third-order valence-electron chi connectivity index (χ3n) is 3.80. The van der Waals surface area contributed by atoms with Crippen LogP contribution >= 0.6 is 22.6 Å². The zero-order chi connectivity index (χ0) is 19.3. The standard InChI is InChI=1S/C18H21IN2O4S/c1-13(14-4-10-17(25-2)11-5-14)20-18(22)12-21(26(3,23)24)16-8-6-15(19)7-9-16/h4-11,13H,12H2,1-3H3,(H,20,22)/t13-/m1/s1. The largest absolute Gasteiger partial charge is 0.497 e. The van der Waals surface area contributed by atoms with Crippen molar-refractivity contribution in [3.05, 3.63) is 57.7 Å². The first-order valence-corrected chi connectivity index (χ1v) is 10.8. The summed E-state index contributed by atoms with van der Waals surface area (Å²) in [5.74, 6) is 0.353. The predicted octanol–water partition coefficient (Wildman–Crippen LogP) is 2.94. The van der Waals surface area contributed by atoms with Gasteiger partial charge in [0.05, 0.1) is 25.1 Å². The first kappa shape index (κ1) is 20.5. The number of sulfonamides is 1. The van der Waals surface area contributed by atoms with E-state index in [1.807, 2.05) is 31.2 Å². The maximum Gasteiger partial charge on any atom is 0.241 e. The Balaban J connectivity index is 2.10. The number of halogens is 1. The van der Waals surface area contributed by atoms with Gasteiger partial charge in [-0.2, -0.15) is 0 Å². The second-order valence-electron chi connectivity index (χ2n) is 5.81. The highest BCUT2D eigenvalue weighted by Gasteiger charge is 2.21. The number of hydrogen-bond donors (Lipinski definition) is 1. The highest BCUT2D eigenvalue weighted by atomic mass is 127. The molecule has 2 aromatic carbocycles. The summed E-state index contributed by atoms with van der Waals surface area (Å²) >= 11 is 2.14. The number of hydrogen-bond acceptors (Lipinski definition) is 4. The van der Waals surface area contributed by atoms with Gasteiger partial charge >= 0.3 is 0 Å². The summed E-state index contributed by atoms with van der Waals surface area (Å²) in [6.45, 7) is 1.56. The van der Waals surface area contributed by atoms with Crippen LogP contribution in [-0.2, 0) is 14.8 Å². The van der Waals surface area contributed by atoms with Crippen molar-refractivity contribution in [1.82, 2.24) is 5.32 Å². The lowest BCUT2D eigenvalue weighted by Crippen LogP contribution is -2.41. The molecule has 2 aromatic rings. The van der Waals surface area contributed by atoms with Crippen LogP contribution in [0.3, 0.4) is 0 Å². The summed E-state index contributed by atoms with van der Waals surface area (Å²) in [4.78, 5) is 12.4. The SMILES string of the molecule is COc1ccc([C@@H](C)NC(=O)CN(c2ccc(I)cc2)S(C)(=O)=O)cc1. The average molecular weight is 488 g/mol. The number of nitrogens with zero attached hydrogens (tertiary/aromatic N) is 1. The molecule has 2 rings (SSSR count). The predicted molar refractivity (Wildman–Crippen MR) is 111 cm³/mol. The molecule has 6 nitrogen and oxygen atoms in total. The summed E-state index contributed by atoms with van der Waals surface area (Å²) in [7, 11) is -1.99. The van der Waals surface area contributed by atoms with Gasteiger partial charge in [0.2, 0.25) is 15.9 Å². The molecular weight excluding hydrogens is 467 g/mol. The van der Waals surface area contributed by atoms with Gasteiger partial charge in [-0.05, 0) is 71.5 Å². The maximum atomic E-state index is 12.4. The topological polar surface area (TPSA) is 75.7 Å². The van der Waals surface area contributed by atoms with E-state index in [9.17, 15) is 13.2 Å². The van der Waals surface area contributed by atoms with E-state index in [1.165, 1.54) is 0 Å². The third-order valence-corrected chi connectivity index (χ3v) is 5.66. The molecule has 0 aliphatic heterocycles. The van der Waals surface area contributed by atoms with Gasteiger partial charge < -0.3 is 10.1 Å². The third kappa shape index (κ3) is 5.60. The lowest BCUT2D eigenvalue weighted by molar-refractivity contribution is -0.120. The lowest BCUT2D eigenvalue weighted by atomic mass is 10.1. The molecule has 140 valence electrons. The molecule has 0 unspecified atom stereocenters. The molecule has 1 atom stereocenters. The van der Waals surface area contributed by atoms with Crippen LogP contribution in [-0.4, -0.2) is 34.2 Å². The quantitative estimate of drug-likeness (QED) is 0.609. The van der Waals surface area contributed by atoms with Crippen LogP contribution < -0.4 is 14.4 Å². The van der Waals surface area contributed by atoms with E-state index in [0.29, 0.717) is 5.69 Å². The Hall–Kier alpha value is -1.81. The van der Waals surface area contributed by atoms with Gasteiger partial charge in [0.25, 0.3) is 0 Å². The molecular formula is C18H21IN2O4S. The Morgan fingerprint density at radius 2 is 1.73 bits per heavy atom. The molecule has 0 aliphatic rings. The lowest BCUT2D eigenvalue weighted by Gasteiger charge is -2.23. The molecule has 0 spiro atoms. The van der Waals surface area contributed by atoms with Crippen LogP contribution in [0.5, 0.6) is 5.75 Å². The first-order valence-electron chi connectivity index (χ1n) is 7.87. The van der Waals surface area contributed by atoms with E-state index in [0.717, 1.165) is 25.4 Å². The second kappa shape index (κ2) is 8.72. The van der Waals surface area contributed by atoms with Crippen LogP contribution in [0.1, 0.15) is 18.5 Å². The number of nitrogens with one attached hydrogen (secondary N) is 1. The monoisotopic (exact) mass is 488 g/mol. The number of ether oxygens (including phenoxy) is 1. The van der Waals surface area contributed by atoms with Gasteiger partial charge in [0.1, 0.15) is 12.3 Å². The average Bonchev–Trinajstić information content (AvgIpc) is 2.59. The Bertz CT molecular complexity index is 852. The van der Waals surface area contributed by atoms with Gasteiger partial charge in [0.15, 0.2) is 0 Å². The summed E-state index contributed by atoms with van der Waals surface area (Å²) < 4.78 is 31.4.